The van der Waals surface area contributed by atoms with E-state index in [0.717, 1.165) is 17.5 Å². The molecule has 0 aromatic heterocycles. The molecule has 0 aliphatic rings. The van der Waals surface area contributed by atoms with Crippen molar-refractivity contribution in [2.24, 2.45) is 0 Å². The lowest BCUT2D eigenvalue weighted by Gasteiger charge is -2.12. The average Bonchev–Trinajstić information content (AvgIpc) is 2.65. The molecule has 0 aliphatic heterocycles. The molecule has 2 N–H and O–H groups in total. The maximum absolute atomic E-state index is 12.4. The minimum atomic E-state index is -0.918. The molecule has 0 saturated heterocycles. The number of rotatable bonds is 9. The second-order valence-corrected chi connectivity index (χ2v) is 6.76. The molecule has 0 fully saturated rings. The minimum absolute atomic E-state index is 0.260. The molecule has 0 bridgehead atoms. The zero-order chi connectivity index (χ0) is 18.9. The van der Waals surface area contributed by atoms with Crippen LogP contribution < -0.4 is 14.8 Å². The number of benzene rings is 2. The number of methoxy groups -OCH3 is 1. The van der Waals surface area contributed by atoms with Gasteiger partial charge in [0.1, 0.15) is 23.4 Å². The number of carboxylic acids is 1. The fourth-order valence-corrected chi connectivity index (χ4v) is 3.03. The van der Waals surface area contributed by atoms with Gasteiger partial charge in [0.2, 0.25) is 0 Å². The first-order valence-corrected chi connectivity index (χ1v) is 8.92. The molecule has 1 unspecified atom stereocenters. The van der Waals surface area contributed by atoms with Crippen LogP contribution in [0.15, 0.2) is 53.4 Å². The second-order valence-electron chi connectivity index (χ2n) is 5.37. The van der Waals surface area contributed by atoms with E-state index in [1.54, 1.807) is 62.6 Å². The van der Waals surface area contributed by atoms with Gasteiger partial charge in [-0.1, -0.05) is 12.1 Å². The van der Waals surface area contributed by atoms with Gasteiger partial charge in [-0.05, 0) is 43.3 Å². The minimum Gasteiger partial charge on any atom is -0.497 e. The predicted octanol–water partition coefficient (Wildman–Crippen LogP) is 3.07. The van der Waals surface area contributed by atoms with Crippen LogP contribution in [0.5, 0.6) is 11.5 Å². The largest absolute Gasteiger partial charge is 0.497 e. The van der Waals surface area contributed by atoms with Crippen LogP contribution in [0.25, 0.3) is 0 Å². The van der Waals surface area contributed by atoms with Gasteiger partial charge < -0.3 is 19.9 Å². The molecule has 1 atom stereocenters. The summed E-state index contributed by atoms with van der Waals surface area (Å²) in [6.07, 6.45) is 0. The summed E-state index contributed by atoms with van der Waals surface area (Å²) in [5, 5.41) is 11.2. The predicted molar refractivity (Wildman–Crippen MR) is 100 cm³/mol. The van der Waals surface area contributed by atoms with Crippen molar-refractivity contribution in [2.75, 3.05) is 20.3 Å². The highest BCUT2D eigenvalue weighted by atomic mass is 32.2. The summed E-state index contributed by atoms with van der Waals surface area (Å²) >= 11 is 1.14. The van der Waals surface area contributed by atoms with Gasteiger partial charge in [0.15, 0.2) is 0 Å². The normalized spacial score (nSPS) is 11.5. The van der Waals surface area contributed by atoms with Crippen LogP contribution in [0.2, 0.25) is 0 Å². The molecule has 1 amide bonds. The number of thioether (sulfide) groups is 1. The maximum atomic E-state index is 12.4. The van der Waals surface area contributed by atoms with Gasteiger partial charge in [0, 0.05) is 4.90 Å². The number of amides is 1. The number of nitrogens with one attached hydrogen (secondary N) is 1. The van der Waals surface area contributed by atoms with Crippen molar-refractivity contribution in [1.82, 2.24) is 5.32 Å². The summed E-state index contributed by atoms with van der Waals surface area (Å²) in [6.45, 7) is 2.24. The first-order chi connectivity index (χ1) is 12.5. The van der Waals surface area contributed by atoms with Gasteiger partial charge >= 0.3 is 5.97 Å². The summed E-state index contributed by atoms with van der Waals surface area (Å²) in [5.41, 5.74) is 0.454. The molecule has 6 nitrogen and oxygen atoms in total. The smallest absolute Gasteiger partial charge is 0.316 e. The van der Waals surface area contributed by atoms with Crippen molar-refractivity contribution in [3.8, 4) is 11.5 Å². The van der Waals surface area contributed by atoms with E-state index in [0.29, 0.717) is 29.4 Å². The molecule has 2 aromatic carbocycles. The quantitative estimate of drug-likeness (QED) is 0.518. The number of carboxylic acid groups (broad SMARTS) is 1. The number of aliphatic carboxylic acids is 1. The van der Waals surface area contributed by atoms with E-state index >= 15 is 0 Å². The third-order valence-electron chi connectivity index (χ3n) is 3.50. The highest BCUT2D eigenvalue weighted by Crippen LogP contribution is 2.27. The first-order valence-electron chi connectivity index (χ1n) is 8.05. The Hall–Kier alpha value is -2.67. The van der Waals surface area contributed by atoms with Crippen LogP contribution in [0, 0.1) is 0 Å². The lowest BCUT2D eigenvalue weighted by molar-refractivity contribution is -0.136. The third-order valence-corrected chi connectivity index (χ3v) is 4.66. The Bertz CT molecular complexity index is 748. The highest BCUT2D eigenvalue weighted by Gasteiger charge is 2.17. The molecule has 2 aromatic rings. The van der Waals surface area contributed by atoms with E-state index in [1.165, 1.54) is 0 Å². The van der Waals surface area contributed by atoms with Gasteiger partial charge in [-0.15, -0.1) is 11.8 Å². The number of carbonyl (C=O) groups excluding carboxylic acids is 1. The SMILES string of the molecule is COc1ccc(OCCNC(=O)c2ccccc2SC(C)C(=O)O)cc1. The molecule has 0 heterocycles. The monoisotopic (exact) mass is 375 g/mol. The van der Waals surface area contributed by atoms with E-state index in [4.69, 9.17) is 14.6 Å². The molecule has 2 rings (SSSR count). The maximum Gasteiger partial charge on any atom is 0.316 e. The van der Waals surface area contributed by atoms with Crippen molar-refractivity contribution in [3.63, 3.8) is 0 Å². The Morgan fingerprint density at radius 2 is 1.77 bits per heavy atom. The van der Waals surface area contributed by atoms with Gasteiger partial charge in [-0.3, -0.25) is 9.59 Å². The summed E-state index contributed by atoms with van der Waals surface area (Å²) in [6, 6.07) is 14.1. The van der Waals surface area contributed by atoms with Crippen LogP contribution >= 0.6 is 11.8 Å². The van der Waals surface area contributed by atoms with Crippen molar-refractivity contribution in [3.05, 3.63) is 54.1 Å². The van der Waals surface area contributed by atoms with Crippen molar-refractivity contribution in [1.29, 1.82) is 0 Å². The zero-order valence-corrected chi connectivity index (χ0v) is 15.4. The Morgan fingerprint density at radius 1 is 1.12 bits per heavy atom. The summed E-state index contributed by atoms with van der Waals surface area (Å²) in [7, 11) is 1.60. The Labute approximate surface area is 156 Å². The van der Waals surface area contributed by atoms with Crippen LogP contribution in [-0.2, 0) is 4.79 Å². The van der Waals surface area contributed by atoms with Gasteiger partial charge in [-0.25, -0.2) is 0 Å². The van der Waals surface area contributed by atoms with E-state index < -0.39 is 11.2 Å². The topological polar surface area (TPSA) is 84.9 Å². The molecule has 0 saturated carbocycles. The number of carbonyl (C=O) groups is 2. The van der Waals surface area contributed by atoms with E-state index in [9.17, 15) is 9.59 Å². The van der Waals surface area contributed by atoms with Crippen molar-refractivity contribution in [2.45, 2.75) is 17.1 Å². The van der Waals surface area contributed by atoms with Gasteiger partial charge in [0.25, 0.3) is 5.91 Å². The molecule has 7 heteroatoms. The lowest BCUT2D eigenvalue weighted by atomic mass is 10.2. The van der Waals surface area contributed by atoms with Crippen molar-refractivity contribution >= 4 is 23.6 Å². The van der Waals surface area contributed by atoms with Crippen LogP contribution in [-0.4, -0.2) is 42.5 Å². The van der Waals surface area contributed by atoms with E-state index in [1.807, 2.05) is 0 Å². The van der Waals surface area contributed by atoms with E-state index in [2.05, 4.69) is 5.32 Å². The molecule has 138 valence electrons. The van der Waals surface area contributed by atoms with Crippen LogP contribution in [0.1, 0.15) is 17.3 Å². The summed E-state index contributed by atoms with van der Waals surface area (Å²) in [5.74, 6) is 0.253. The molecule has 0 spiro atoms. The standard InChI is InChI=1S/C19H21NO5S/c1-13(19(22)23)26-17-6-4-3-5-16(17)18(21)20-11-12-25-15-9-7-14(24-2)8-10-15/h3-10,13H,11-12H2,1-2H3,(H,20,21)(H,22,23). The Morgan fingerprint density at radius 3 is 2.42 bits per heavy atom. The van der Waals surface area contributed by atoms with Crippen molar-refractivity contribution < 1.29 is 24.2 Å². The fourth-order valence-electron chi connectivity index (χ4n) is 2.10. The van der Waals surface area contributed by atoms with Gasteiger partial charge in [0.05, 0.1) is 19.2 Å². The fraction of sp³-hybridized carbons (Fsp3) is 0.263. The lowest BCUT2D eigenvalue weighted by Crippen LogP contribution is -2.28. The van der Waals surface area contributed by atoms with Crippen LogP contribution in [0.4, 0.5) is 0 Å². The Balaban J connectivity index is 1.86. The van der Waals surface area contributed by atoms with Crippen LogP contribution in [0.3, 0.4) is 0 Å². The van der Waals surface area contributed by atoms with Gasteiger partial charge in [-0.2, -0.15) is 0 Å². The average molecular weight is 375 g/mol. The molecule has 0 radical (unpaired) electrons. The number of hydrogen-bond donors (Lipinski definition) is 2. The molecular formula is C19H21NO5S. The molecular weight excluding hydrogens is 354 g/mol. The zero-order valence-electron chi connectivity index (χ0n) is 14.6. The Kier molecular flexibility index (Phi) is 7.35. The summed E-state index contributed by atoms with van der Waals surface area (Å²) < 4.78 is 10.6. The second kappa shape index (κ2) is 9.72. The highest BCUT2D eigenvalue weighted by molar-refractivity contribution is 8.00. The first kappa shape index (κ1) is 19.7. The molecule has 26 heavy (non-hydrogen) atoms. The third kappa shape index (κ3) is 5.70. The summed E-state index contributed by atoms with van der Waals surface area (Å²) in [4.78, 5) is 24.0. The number of ether oxygens (including phenoxy) is 2. The number of hydrogen-bond acceptors (Lipinski definition) is 5. The van der Waals surface area contributed by atoms with E-state index in [-0.39, 0.29) is 5.91 Å². The molecule has 0 aliphatic carbocycles.